The van der Waals surface area contributed by atoms with Gasteiger partial charge in [0.15, 0.2) is 0 Å². The van der Waals surface area contributed by atoms with Crippen LogP contribution in [0.15, 0.2) is 53.4 Å². The Balaban J connectivity index is 1.77. The van der Waals surface area contributed by atoms with E-state index in [9.17, 15) is 9.90 Å². The zero-order valence-corrected chi connectivity index (χ0v) is 17.9. The molecule has 2 heterocycles. The second-order valence-electron chi connectivity index (χ2n) is 7.10. The number of nitrogens with zero attached hydrogens (tertiary/aromatic N) is 2. The highest BCUT2D eigenvalue weighted by Crippen LogP contribution is 2.44. The number of benzene rings is 2. The maximum atomic E-state index is 13.2. The number of aromatic amines is 1. The van der Waals surface area contributed by atoms with E-state index in [4.69, 9.17) is 4.74 Å². The Morgan fingerprint density at radius 2 is 1.97 bits per heavy atom. The van der Waals surface area contributed by atoms with E-state index in [1.54, 1.807) is 23.9 Å². The van der Waals surface area contributed by atoms with Crippen LogP contribution in [0.3, 0.4) is 0 Å². The third kappa shape index (κ3) is 3.70. The summed E-state index contributed by atoms with van der Waals surface area (Å²) in [4.78, 5) is 16.3. The summed E-state index contributed by atoms with van der Waals surface area (Å²) in [7, 11) is 0. The summed E-state index contributed by atoms with van der Waals surface area (Å²) >= 11 is 1.68. The van der Waals surface area contributed by atoms with Crippen LogP contribution in [-0.2, 0) is 4.74 Å². The molecule has 0 bridgehead atoms. The Labute approximate surface area is 180 Å². The number of fused-ring (bicyclic) bond motifs is 1. The smallest absolute Gasteiger partial charge is 0.273 e. The number of aromatic nitrogens is 2. The van der Waals surface area contributed by atoms with Crippen LogP contribution in [0.25, 0.3) is 11.3 Å². The van der Waals surface area contributed by atoms with Crippen molar-refractivity contribution in [2.24, 2.45) is 0 Å². The monoisotopic (exact) mass is 423 g/mol. The molecule has 4 rings (SSSR count). The Morgan fingerprint density at radius 1 is 1.20 bits per heavy atom. The molecule has 1 aliphatic heterocycles. The largest absolute Gasteiger partial charge is 0.507 e. The number of ether oxygens (including phenoxy) is 1. The van der Waals surface area contributed by atoms with Gasteiger partial charge in [0.1, 0.15) is 17.1 Å². The third-order valence-electron chi connectivity index (χ3n) is 5.35. The van der Waals surface area contributed by atoms with Crippen LogP contribution in [0, 0.1) is 0 Å². The van der Waals surface area contributed by atoms with Crippen molar-refractivity contribution in [2.45, 2.75) is 24.3 Å². The van der Waals surface area contributed by atoms with Crippen LogP contribution in [-0.4, -0.2) is 52.1 Å². The molecule has 2 N–H and O–H groups in total. The van der Waals surface area contributed by atoms with Gasteiger partial charge in [-0.3, -0.25) is 9.89 Å². The number of phenolic OH excluding ortho intramolecular Hbond substituents is 1. The molecule has 3 aromatic rings. The van der Waals surface area contributed by atoms with Crippen molar-refractivity contribution in [3.8, 4) is 17.0 Å². The molecule has 0 radical (unpaired) electrons. The molecule has 1 aromatic heterocycles. The van der Waals surface area contributed by atoms with Gasteiger partial charge in [0.05, 0.1) is 6.04 Å². The molecule has 0 fully saturated rings. The molecule has 1 atom stereocenters. The van der Waals surface area contributed by atoms with Gasteiger partial charge in [-0.2, -0.15) is 5.10 Å². The van der Waals surface area contributed by atoms with E-state index >= 15 is 0 Å². The zero-order valence-electron chi connectivity index (χ0n) is 17.1. The topological polar surface area (TPSA) is 78.5 Å². The average Bonchev–Trinajstić information content (AvgIpc) is 3.31. The first-order valence-corrected chi connectivity index (χ1v) is 11.3. The van der Waals surface area contributed by atoms with Crippen LogP contribution >= 0.6 is 11.8 Å². The zero-order chi connectivity index (χ0) is 21.1. The first-order chi connectivity index (χ1) is 14.7. The lowest BCUT2D eigenvalue weighted by Gasteiger charge is -2.26. The normalized spacial score (nSPS) is 15.6. The summed E-state index contributed by atoms with van der Waals surface area (Å²) in [5, 5.41) is 17.7. The average molecular weight is 424 g/mol. The number of hydrogen-bond donors (Lipinski definition) is 2. The lowest BCUT2D eigenvalue weighted by Crippen LogP contribution is -2.31. The van der Waals surface area contributed by atoms with Gasteiger partial charge < -0.3 is 14.7 Å². The molecular weight excluding hydrogens is 398 g/mol. The number of nitrogens with one attached hydrogen (secondary N) is 1. The van der Waals surface area contributed by atoms with Gasteiger partial charge in [-0.05, 0) is 49.4 Å². The number of carbonyl (C=O) groups excluding carboxylic acids is 1. The van der Waals surface area contributed by atoms with Gasteiger partial charge in [0, 0.05) is 35.8 Å². The number of H-pyrrole nitrogens is 1. The highest BCUT2D eigenvalue weighted by atomic mass is 32.2. The standard InChI is InChI=1S/C23H25N3O3S/c1-3-29-14-6-13-26-22(15-9-11-16(30-2)12-10-15)19-20(24-25-21(19)23(26)28)17-7-4-5-8-18(17)27/h4-5,7-12,22,27H,3,6,13-14H2,1-2H3,(H,24,25)/t22-/m0/s1. The van der Waals surface area contributed by atoms with Gasteiger partial charge in [-0.15, -0.1) is 11.8 Å². The van der Waals surface area contributed by atoms with E-state index in [0.717, 1.165) is 17.5 Å². The number of phenols is 1. The lowest BCUT2D eigenvalue weighted by atomic mass is 9.95. The number of carbonyl (C=O) groups is 1. The van der Waals surface area contributed by atoms with Crippen molar-refractivity contribution in [2.75, 3.05) is 26.0 Å². The molecule has 0 saturated carbocycles. The number of hydrogen-bond acceptors (Lipinski definition) is 5. The van der Waals surface area contributed by atoms with Gasteiger partial charge in [-0.1, -0.05) is 24.3 Å². The highest BCUT2D eigenvalue weighted by Gasteiger charge is 2.42. The number of para-hydroxylation sites is 1. The van der Waals surface area contributed by atoms with Crippen molar-refractivity contribution < 1.29 is 14.6 Å². The molecule has 0 spiro atoms. The summed E-state index contributed by atoms with van der Waals surface area (Å²) in [6, 6.07) is 15.1. The number of thioether (sulfide) groups is 1. The van der Waals surface area contributed by atoms with Crippen molar-refractivity contribution >= 4 is 17.7 Å². The van der Waals surface area contributed by atoms with E-state index in [1.807, 2.05) is 30.2 Å². The highest BCUT2D eigenvalue weighted by molar-refractivity contribution is 7.98. The third-order valence-corrected chi connectivity index (χ3v) is 6.09. The molecule has 0 saturated heterocycles. The summed E-state index contributed by atoms with van der Waals surface area (Å²) in [5.41, 5.74) is 3.56. The summed E-state index contributed by atoms with van der Waals surface area (Å²) in [6.07, 6.45) is 2.79. The molecular formula is C23H25N3O3S. The van der Waals surface area contributed by atoms with E-state index in [1.165, 1.54) is 4.90 Å². The minimum atomic E-state index is -0.265. The summed E-state index contributed by atoms with van der Waals surface area (Å²) < 4.78 is 5.47. The fraction of sp³-hybridized carbons (Fsp3) is 0.304. The van der Waals surface area contributed by atoms with Crippen LogP contribution in [0.4, 0.5) is 0 Å². The number of rotatable bonds is 8. The minimum absolute atomic E-state index is 0.0744. The molecule has 156 valence electrons. The van der Waals surface area contributed by atoms with Crippen LogP contribution in [0.2, 0.25) is 0 Å². The van der Waals surface area contributed by atoms with Gasteiger partial charge in [-0.25, -0.2) is 0 Å². The molecule has 7 heteroatoms. The van der Waals surface area contributed by atoms with Gasteiger partial charge in [0.25, 0.3) is 5.91 Å². The Hall–Kier alpha value is -2.77. The molecule has 1 amide bonds. The maximum absolute atomic E-state index is 13.2. The van der Waals surface area contributed by atoms with E-state index in [0.29, 0.717) is 36.7 Å². The summed E-state index contributed by atoms with van der Waals surface area (Å²) in [5.74, 6) is 0.0696. The number of amides is 1. The molecule has 30 heavy (non-hydrogen) atoms. The summed E-state index contributed by atoms with van der Waals surface area (Å²) in [6.45, 7) is 3.81. The van der Waals surface area contributed by atoms with Crippen LogP contribution < -0.4 is 0 Å². The lowest BCUT2D eigenvalue weighted by molar-refractivity contribution is 0.0710. The number of aromatic hydroxyl groups is 1. The molecule has 0 unspecified atom stereocenters. The maximum Gasteiger partial charge on any atom is 0.273 e. The predicted molar refractivity (Wildman–Crippen MR) is 118 cm³/mol. The van der Waals surface area contributed by atoms with E-state index < -0.39 is 0 Å². The Morgan fingerprint density at radius 3 is 2.67 bits per heavy atom. The molecule has 1 aliphatic rings. The van der Waals surface area contributed by atoms with Crippen LogP contribution in [0.1, 0.15) is 41.0 Å². The van der Waals surface area contributed by atoms with Crippen molar-refractivity contribution in [1.82, 2.24) is 15.1 Å². The Bertz CT molecular complexity index is 1030. The second kappa shape index (κ2) is 8.93. The first kappa shape index (κ1) is 20.5. The minimum Gasteiger partial charge on any atom is -0.507 e. The fourth-order valence-electron chi connectivity index (χ4n) is 3.92. The van der Waals surface area contributed by atoms with Crippen molar-refractivity contribution in [3.63, 3.8) is 0 Å². The van der Waals surface area contributed by atoms with Crippen molar-refractivity contribution in [3.05, 3.63) is 65.4 Å². The molecule has 6 nitrogen and oxygen atoms in total. The van der Waals surface area contributed by atoms with Gasteiger partial charge >= 0.3 is 0 Å². The van der Waals surface area contributed by atoms with Gasteiger partial charge in [0.2, 0.25) is 0 Å². The fourth-order valence-corrected chi connectivity index (χ4v) is 4.33. The SMILES string of the molecule is CCOCCCN1C(=O)c2[nH]nc(-c3ccccc3O)c2[C@@H]1c1ccc(SC)cc1. The second-order valence-corrected chi connectivity index (χ2v) is 7.98. The van der Waals surface area contributed by atoms with E-state index in [2.05, 4.69) is 34.5 Å². The van der Waals surface area contributed by atoms with E-state index in [-0.39, 0.29) is 17.7 Å². The molecule has 2 aromatic carbocycles. The first-order valence-electron chi connectivity index (χ1n) is 10.0. The predicted octanol–water partition coefficient (Wildman–Crippen LogP) is 4.48. The quantitative estimate of drug-likeness (QED) is 0.413. The van der Waals surface area contributed by atoms with Crippen LogP contribution in [0.5, 0.6) is 5.75 Å². The molecule has 0 aliphatic carbocycles. The Kier molecular flexibility index (Phi) is 6.11. The van der Waals surface area contributed by atoms with Crippen molar-refractivity contribution in [1.29, 1.82) is 0 Å².